The molecule has 3 nitrogen and oxygen atoms in total. The van der Waals surface area contributed by atoms with Gasteiger partial charge in [0.25, 0.3) is 0 Å². The van der Waals surface area contributed by atoms with E-state index in [1.807, 2.05) is 18.2 Å². The Morgan fingerprint density at radius 3 is 2.82 bits per heavy atom. The Balaban J connectivity index is 2.20. The number of hydrogen-bond acceptors (Lipinski definition) is 3. The maximum absolute atomic E-state index is 9.38. The van der Waals surface area contributed by atoms with Crippen molar-refractivity contribution in [3.05, 3.63) is 35.9 Å². The number of aliphatic hydroxyl groups is 1. The van der Waals surface area contributed by atoms with Crippen LogP contribution in [0.1, 0.15) is 30.9 Å². The minimum Gasteiger partial charge on any atom is -0.395 e. The lowest BCUT2D eigenvalue weighted by molar-refractivity contribution is 0.120. The lowest BCUT2D eigenvalue weighted by Gasteiger charge is -2.31. The average Bonchev–Trinajstić information content (AvgIpc) is 2.85. The van der Waals surface area contributed by atoms with Crippen molar-refractivity contribution in [1.82, 2.24) is 4.90 Å². The number of rotatable bonds is 4. The van der Waals surface area contributed by atoms with Crippen LogP contribution in [-0.2, 0) is 0 Å². The first-order valence-electron chi connectivity index (χ1n) is 6.15. The molecular weight excluding hydrogens is 212 g/mol. The SMILES string of the molecule is N#CCC(c1ccccc1)N1CCCC1CO. The van der Waals surface area contributed by atoms with Gasteiger partial charge in [-0.15, -0.1) is 0 Å². The third-order valence-electron chi connectivity index (χ3n) is 3.50. The highest BCUT2D eigenvalue weighted by Gasteiger charge is 2.30. The number of nitrogens with zero attached hydrogens (tertiary/aromatic N) is 2. The summed E-state index contributed by atoms with van der Waals surface area (Å²) < 4.78 is 0. The quantitative estimate of drug-likeness (QED) is 0.861. The van der Waals surface area contributed by atoms with Crippen LogP contribution in [0.5, 0.6) is 0 Å². The zero-order chi connectivity index (χ0) is 12.1. The first-order valence-corrected chi connectivity index (χ1v) is 6.15. The Morgan fingerprint density at radius 2 is 2.18 bits per heavy atom. The molecule has 1 aliphatic heterocycles. The number of aliphatic hydroxyl groups excluding tert-OH is 1. The van der Waals surface area contributed by atoms with E-state index in [9.17, 15) is 5.11 Å². The summed E-state index contributed by atoms with van der Waals surface area (Å²) in [5, 5.41) is 18.4. The first-order chi connectivity index (χ1) is 8.36. The summed E-state index contributed by atoms with van der Waals surface area (Å²) in [4.78, 5) is 2.28. The zero-order valence-corrected chi connectivity index (χ0v) is 9.92. The van der Waals surface area contributed by atoms with E-state index in [-0.39, 0.29) is 18.7 Å². The van der Waals surface area contributed by atoms with E-state index in [2.05, 4.69) is 23.1 Å². The molecule has 17 heavy (non-hydrogen) atoms. The monoisotopic (exact) mass is 230 g/mol. The third-order valence-corrected chi connectivity index (χ3v) is 3.50. The van der Waals surface area contributed by atoms with E-state index >= 15 is 0 Å². The van der Waals surface area contributed by atoms with Crippen LogP contribution in [-0.4, -0.2) is 29.2 Å². The van der Waals surface area contributed by atoms with Crippen LogP contribution < -0.4 is 0 Å². The second-order valence-electron chi connectivity index (χ2n) is 4.51. The number of benzene rings is 1. The van der Waals surface area contributed by atoms with Gasteiger partial charge in [-0.05, 0) is 24.9 Å². The second kappa shape index (κ2) is 5.81. The fourth-order valence-corrected chi connectivity index (χ4v) is 2.65. The Bertz CT molecular complexity index is 385. The van der Waals surface area contributed by atoms with Crippen LogP contribution in [0.3, 0.4) is 0 Å². The molecule has 0 aliphatic carbocycles. The molecule has 0 amide bonds. The van der Waals surface area contributed by atoms with Gasteiger partial charge in [0.2, 0.25) is 0 Å². The van der Waals surface area contributed by atoms with Crippen LogP contribution >= 0.6 is 0 Å². The molecule has 1 heterocycles. The molecular formula is C14H18N2O. The highest BCUT2D eigenvalue weighted by atomic mass is 16.3. The molecule has 90 valence electrons. The van der Waals surface area contributed by atoms with Crippen molar-refractivity contribution < 1.29 is 5.11 Å². The second-order valence-corrected chi connectivity index (χ2v) is 4.51. The smallest absolute Gasteiger partial charge is 0.0641 e. The summed E-state index contributed by atoms with van der Waals surface area (Å²) in [5.74, 6) is 0. The summed E-state index contributed by atoms with van der Waals surface area (Å²) in [6.07, 6.45) is 2.63. The topological polar surface area (TPSA) is 47.3 Å². The van der Waals surface area contributed by atoms with Gasteiger partial charge in [0.1, 0.15) is 0 Å². The number of nitriles is 1. The predicted octanol–water partition coefficient (Wildman–Crippen LogP) is 2.10. The summed E-state index contributed by atoms with van der Waals surface area (Å²) in [6, 6.07) is 12.7. The minimum atomic E-state index is 0.126. The summed E-state index contributed by atoms with van der Waals surface area (Å²) in [5.41, 5.74) is 1.18. The van der Waals surface area contributed by atoms with Crippen LogP contribution in [0, 0.1) is 11.3 Å². The van der Waals surface area contributed by atoms with Crippen molar-refractivity contribution in [3.8, 4) is 6.07 Å². The molecule has 0 bridgehead atoms. The van der Waals surface area contributed by atoms with E-state index in [1.165, 1.54) is 5.56 Å². The molecule has 2 rings (SSSR count). The van der Waals surface area contributed by atoms with Crippen molar-refractivity contribution in [1.29, 1.82) is 5.26 Å². The molecule has 1 aromatic carbocycles. The van der Waals surface area contributed by atoms with Crippen molar-refractivity contribution in [3.63, 3.8) is 0 Å². The molecule has 2 atom stereocenters. The fourth-order valence-electron chi connectivity index (χ4n) is 2.65. The van der Waals surface area contributed by atoms with Gasteiger partial charge in [-0.25, -0.2) is 0 Å². The Hall–Kier alpha value is -1.37. The summed E-state index contributed by atoms with van der Waals surface area (Å²) in [6.45, 7) is 1.17. The van der Waals surface area contributed by atoms with Crippen molar-refractivity contribution >= 4 is 0 Å². The van der Waals surface area contributed by atoms with Gasteiger partial charge < -0.3 is 5.11 Å². The van der Waals surface area contributed by atoms with Gasteiger partial charge in [-0.3, -0.25) is 4.90 Å². The van der Waals surface area contributed by atoms with Gasteiger partial charge in [-0.2, -0.15) is 5.26 Å². The Kier molecular flexibility index (Phi) is 4.13. The summed E-state index contributed by atoms with van der Waals surface area (Å²) in [7, 11) is 0. The van der Waals surface area contributed by atoms with Gasteiger partial charge in [-0.1, -0.05) is 30.3 Å². The van der Waals surface area contributed by atoms with Crippen LogP contribution in [0.15, 0.2) is 30.3 Å². The van der Waals surface area contributed by atoms with E-state index in [4.69, 9.17) is 5.26 Å². The maximum atomic E-state index is 9.38. The summed E-state index contributed by atoms with van der Waals surface area (Å²) >= 11 is 0. The van der Waals surface area contributed by atoms with Crippen molar-refractivity contribution in [2.24, 2.45) is 0 Å². The Labute approximate surface area is 102 Å². The largest absolute Gasteiger partial charge is 0.395 e. The molecule has 0 spiro atoms. The highest BCUT2D eigenvalue weighted by Crippen LogP contribution is 2.31. The highest BCUT2D eigenvalue weighted by molar-refractivity contribution is 5.20. The van der Waals surface area contributed by atoms with E-state index in [0.29, 0.717) is 6.42 Å². The molecule has 1 saturated heterocycles. The molecule has 0 aromatic heterocycles. The molecule has 0 radical (unpaired) electrons. The number of likely N-dealkylation sites (tertiary alicyclic amines) is 1. The average molecular weight is 230 g/mol. The molecule has 1 aliphatic rings. The van der Waals surface area contributed by atoms with Gasteiger partial charge in [0.15, 0.2) is 0 Å². The number of hydrogen-bond donors (Lipinski definition) is 1. The normalized spacial score (nSPS) is 22.2. The standard InChI is InChI=1S/C14H18N2O/c15-9-8-14(12-5-2-1-3-6-12)16-10-4-7-13(16)11-17/h1-3,5-6,13-14,17H,4,7-8,10-11H2. The van der Waals surface area contributed by atoms with Crippen LogP contribution in [0.4, 0.5) is 0 Å². The molecule has 1 fully saturated rings. The predicted molar refractivity (Wildman–Crippen MR) is 66.2 cm³/mol. The molecule has 1 N–H and O–H groups in total. The molecule has 2 unspecified atom stereocenters. The first kappa shape index (κ1) is 12.1. The van der Waals surface area contributed by atoms with Gasteiger partial charge in [0.05, 0.1) is 19.1 Å². The van der Waals surface area contributed by atoms with Crippen LogP contribution in [0.25, 0.3) is 0 Å². The Morgan fingerprint density at radius 1 is 1.41 bits per heavy atom. The lowest BCUT2D eigenvalue weighted by atomic mass is 10.0. The van der Waals surface area contributed by atoms with E-state index < -0.39 is 0 Å². The fraction of sp³-hybridized carbons (Fsp3) is 0.500. The molecule has 3 heteroatoms. The van der Waals surface area contributed by atoms with Gasteiger partial charge >= 0.3 is 0 Å². The van der Waals surface area contributed by atoms with Crippen LogP contribution in [0.2, 0.25) is 0 Å². The minimum absolute atomic E-state index is 0.126. The third kappa shape index (κ3) is 2.66. The van der Waals surface area contributed by atoms with E-state index in [0.717, 1.165) is 19.4 Å². The zero-order valence-electron chi connectivity index (χ0n) is 9.92. The van der Waals surface area contributed by atoms with Crippen molar-refractivity contribution in [2.45, 2.75) is 31.3 Å². The van der Waals surface area contributed by atoms with Crippen molar-refractivity contribution in [2.75, 3.05) is 13.2 Å². The molecule has 1 aromatic rings. The van der Waals surface area contributed by atoms with Gasteiger partial charge in [0, 0.05) is 12.1 Å². The maximum Gasteiger partial charge on any atom is 0.0641 e. The van der Waals surface area contributed by atoms with E-state index in [1.54, 1.807) is 0 Å². The lowest BCUT2D eigenvalue weighted by Crippen LogP contribution is -2.35. The molecule has 0 saturated carbocycles.